The van der Waals surface area contributed by atoms with E-state index in [0.29, 0.717) is 6.54 Å². The highest BCUT2D eigenvalue weighted by molar-refractivity contribution is 7.99. The fraction of sp³-hybridized carbons (Fsp3) is 0.154. The molecule has 1 heterocycles. The van der Waals surface area contributed by atoms with Crippen LogP contribution in [0.2, 0.25) is 0 Å². The van der Waals surface area contributed by atoms with Crippen LogP contribution in [0.3, 0.4) is 0 Å². The topological polar surface area (TPSA) is 38.9 Å². The minimum atomic E-state index is -0.225. The molecule has 0 aliphatic rings. The third-order valence-electron chi connectivity index (χ3n) is 2.32. The van der Waals surface area contributed by atoms with Crippen molar-refractivity contribution in [1.29, 1.82) is 0 Å². The maximum atomic E-state index is 12.8. The molecular weight excluding hydrogens is 235 g/mol. The van der Waals surface area contributed by atoms with E-state index in [-0.39, 0.29) is 11.1 Å². The summed E-state index contributed by atoms with van der Waals surface area (Å²) in [6, 6.07) is 12.2. The van der Waals surface area contributed by atoms with E-state index in [9.17, 15) is 4.39 Å². The average molecular weight is 248 g/mol. The number of hydrogen-bond donors (Lipinski definition) is 1. The Balaban J connectivity index is 2.13. The normalized spacial score (nSPS) is 12.4. The van der Waals surface area contributed by atoms with Gasteiger partial charge >= 0.3 is 0 Å². The van der Waals surface area contributed by atoms with Crippen LogP contribution in [0.1, 0.15) is 10.9 Å². The molecule has 0 radical (unpaired) electrons. The van der Waals surface area contributed by atoms with E-state index in [2.05, 4.69) is 4.98 Å². The van der Waals surface area contributed by atoms with Crippen LogP contribution in [0.5, 0.6) is 0 Å². The molecule has 0 aliphatic heterocycles. The fourth-order valence-electron chi connectivity index (χ4n) is 1.47. The van der Waals surface area contributed by atoms with Crippen LogP contribution in [-0.2, 0) is 0 Å². The molecule has 0 spiro atoms. The highest BCUT2D eigenvalue weighted by Crippen LogP contribution is 2.33. The molecule has 1 aromatic heterocycles. The van der Waals surface area contributed by atoms with Crippen molar-refractivity contribution in [3.63, 3.8) is 0 Å². The van der Waals surface area contributed by atoms with Crippen molar-refractivity contribution in [2.24, 2.45) is 5.73 Å². The molecule has 1 unspecified atom stereocenters. The monoisotopic (exact) mass is 248 g/mol. The first-order chi connectivity index (χ1) is 8.29. The Kier molecular flexibility index (Phi) is 4.12. The van der Waals surface area contributed by atoms with Crippen LogP contribution >= 0.6 is 11.8 Å². The molecule has 4 heteroatoms. The van der Waals surface area contributed by atoms with Crippen molar-refractivity contribution in [2.45, 2.75) is 10.1 Å². The van der Waals surface area contributed by atoms with Crippen molar-refractivity contribution in [2.75, 3.05) is 6.54 Å². The third kappa shape index (κ3) is 3.28. The van der Waals surface area contributed by atoms with Gasteiger partial charge in [-0.05, 0) is 36.4 Å². The molecule has 0 saturated carbocycles. The maximum Gasteiger partial charge on any atom is 0.123 e. The number of aromatic nitrogens is 1. The smallest absolute Gasteiger partial charge is 0.123 e. The van der Waals surface area contributed by atoms with Gasteiger partial charge in [-0.15, -0.1) is 11.8 Å². The summed E-state index contributed by atoms with van der Waals surface area (Å²) in [5.74, 6) is -0.225. The van der Waals surface area contributed by atoms with Crippen molar-refractivity contribution in [3.05, 3.63) is 60.2 Å². The van der Waals surface area contributed by atoms with Gasteiger partial charge in [-0.2, -0.15) is 0 Å². The summed E-state index contributed by atoms with van der Waals surface area (Å²) in [7, 11) is 0. The fourth-order valence-corrected chi connectivity index (χ4v) is 2.45. The molecule has 1 atom stereocenters. The maximum absolute atomic E-state index is 12.8. The zero-order valence-electron chi connectivity index (χ0n) is 9.21. The van der Waals surface area contributed by atoms with Crippen LogP contribution in [-0.4, -0.2) is 11.5 Å². The number of halogens is 1. The first-order valence-corrected chi connectivity index (χ1v) is 6.21. The second kappa shape index (κ2) is 5.80. The van der Waals surface area contributed by atoms with E-state index in [1.807, 2.05) is 18.2 Å². The summed E-state index contributed by atoms with van der Waals surface area (Å²) in [5.41, 5.74) is 6.70. The van der Waals surface area contributed by atoms with E-state index in [1.54, 1.807) is 30.1 Å². The molecule has 17 heavy (non-hydrogen) atoms. The summed E-state index contributed by atoms with van der Waals surface area (Å²) in [6.07, 6.45) is 1.75. The van der Waals surface area contributed by atoms with E-state index >= 15 is 0 Å². The van der Waals surface area contributed by atoms with Gasteiger partial charge in [-0.1, -0.05) is 6.07 Å². The molecular formula is C13H13FN2S. The number of nitrogens with zero attached hydrogens (tertiary/aromatic N) is 1. The van der Waals surface area contributed by atoms with E-state index < -0.39 is 0 Å². The zero-order valence-corrected chi connectivity index (χ0v) is 10.0. The summed E-state index contributed by atoms with van der Waals surface area (Å²) in [6.45, 7) is 0.499. The Morgan fingerprint density at radius 2 is 1.94 bits per heavy atom. The lowest BCUT2D eigenvalue weighted by atomic mass is 10.3. The Morgan fingerprint density at radius 3 is 2.53 bits per heavy atom. The third-order valence-corrected chi connectivity index (χ3v) is 3.59. The number of thioether (sulfide) groups is 1. The van der Waals surface area contributed by atoms with Crippen molar-refractivity contribution in [3.8, 4) is 0 Å². The molecule has 0 saturated heterocycles. The molecule has 0 bridgehead atoms. The molecule has 88 valence electrons. The minimum Gasteiger partial charge on any atom is -0.329 e. The standard InChI is InChI=1S/C13H13FN2S/c14-10-4-6-11(7-5-10)17-13(9-15)12-3-1-2-8-16-12/h1-8,13H,9,15H2. The van der Waals surface area contributed by atoms with Gasteiger partial charge in [0.25, 0.3) is 0 Å². The highest BCUT2D eigenvalue weighted by Gasteiger charge is 2.12. The van der Waals surface area contributed by atoms with Crippen LogP contribution < -0.4 is 5.73 Å². The minimum absolute atomic E-state index is 0.0988. The van der Waals surface area contributed by atoms with Gasteiger partial charge in [0.15, 0.2) is 0 Å². The van der Waals surface area contributed by atoms with E-state index in [1.165, 1.54) is 12.1 Å². The van der Waals surface area contributed by atoms with Crippen molar-refractivity contribution < 1.29 is 4.39 Å². The molecule has 2 aromatic rings. The summed E-state index contributed by atoms with van der Waals surface area (Å²) in [4.78, 5) is 5.28. The average Bonchev–Trinajstić information content (AvgIpc) is 2.39. The Labute approximate surface area is 104 Å². The van der Waals surface area contributed by atoms with Crippen LogP contribution in [0.4, 0.5) is 4.39 Å². The van der Waals surface area contributed by atoms with Gasteiger partial charge in [0.2, 0.25) is 0 Å². The van der Waals surface area contributed by atoms with Gasteiger partial charge < -0.3 is 5.73 Å². The molecule has 0 aliphatic carbocycles. The van der Waals surface area contributed by atoms with Crippen molar-refractivity contribution >= 4 is 11.8 Å². The van der Waals surface area contributed by atoms with Gasteiger partial charge in [-0.3, -0.25) is 4.98 Å². The largest absolute Gasteiger partial charge is 0.329 e. The lowest BCUT2D eigenvalue weighted by molar-refractivity contribution is 0.626. The summed E-state index contributed by atoms with van der Waals surface area (Å²) in [5, 5.41) is 0.0988. The number of pyridine rings is 1. The van der Waals surface area contributed by atoms with Gasteiger partial charge in [0, 0.05) is 17.6 Å². The molecule has 2 rings (SSSR count). The van der Waals surface area contributed by atoms with Gasteiger partial charge in [0.05, 0.1) is 10.9 Å². The Bertz CT molecular complexity index is 459. The molecule has 2 N–H and O–H groups in total. The SMILES string of the molecule is NCC(Sc1ccc(F)cc1)c1ccccn1. The predicted molar refractivity (Wildman–Crippen MR) is 68.3 cm³/mol. The van der Waals surface area contributed by atoms with Crippen LogP contribution in [0.25, 0.3) is 0 Å². The summed E-state index contributed by atoms with van der Waals surface area (Å²) >= 11 is 1.60. The predicted octanol–water partition coefficient (Wildman–Crippen LogP) is 3.01. The molecule has 0 amide bonds. The van der Waals surface area contributed by atoms with Crippen LogP contribution in [0, 0.1) is 5.82 Å². The number of nitrogens with two attached hydrogens (primary N) is 1. The van der Waals surface area contributed by atoms with Gasteiger partial charge in [0.1, 0.15) is 5.82 Å². The molecule has 2 nitrogen and oxygen atoms in total. The zero-order chi connectivity index (χ0) is 12.1. The second-order valence-electron chi connectivity index (χ2n) is 3.55. The van der Waals surface area contributed by atoms with Crippen molar-refractivity contribution in [1.82, 2.24) is 4.98 Å². The first-order valence-electron chi connectivity index (χ1n) is 5.33. The Hall–Kier alpha value is -1.39. The Morgan fingerprint density at radius 1 is 1.18 bits per heavy atom. The van der Waals surface area contributed by atoms with Crippen LogP contribution in [0.15, 0.2) is 53.6 Å². The lowest BCUT2D eigenvalue weighted by Gasteiger charge is -2.13. The summed E-state index contributed by atoms with van der Waals surface area (Å²) < 4.78 is 12.8. The number of rotatable bonds is 4. The quantitative estimate of drug-likeness (QED) is 0.845. The molecule has 0 fully saturated rings. The second-order valence-corrected chi connectivity index (χ2v) is 4.83. The van der Waals surface area contributed by atoms with E-state index in [4.69, 9.17) is 5.73 Å². The number of hydrogen-bond acceptors (Lipinski definition) is 3. The van der Waals surface area contributed by atoms with Gasteiger partial charge in [-0.25, -0.2) is 4.39 Å². The first kappa shape index (κ1) is 12.1. The highest BCUT2D eigenvalue weighted by atomic mass is 32.2. The lowest BCUT2D eigenvalue weighted by Crippen LogP contribution is -2.10. The number of benzene rings is 1. The van der Waals surface area contributed by atoms with E-state index in [0.717, 1.165) is 10.6 Å². The molecule has 1 aromatic carbocycles.